The van der Waals surface area contributed by atoms with Crippen molar-refractivity contribution >= 4 is 34.2 Å². The molecule has 0 aliphatic heterocycles. The van der Waals surface area contributed by atoms with Gasteiger partial charge in [0.1, 0.15) is 5.82 Å². The second-order valence-corrected chi connectivity index (χ2v) is 3.93. The summed E-state index contributed by atoms with van der Waals surface area (Å²) in [6, 6.07) is 7.09. The molecule has 88 valence electrons. The van der Waals surface area contributed by atoms with Gasteiger partial charge in [-0.2, -0.15) is 0 Å². The average Bonchev–Trinajstić information content (AvgIpc) is 2.37. The largest absolute Gasteiger partial charge is 0.373 e. The quantitative estimate of drug-likeness (QED) is 0.859. The number of carbonyl (C=O) groups excluding carboxylic acids is 1. The molecule has 1 heterocycles. The van der Waals surface area contributed by atoms with Gasteiger partial charge in [0.15, 0.2) is 0 Å². The third-order valence-electron chi connectivity index (χ3n) is 2.52. The van der Waals surface area contributed by atoms with E-state index in [1.54, 1.807) is 32.3 Å². The molecule has 17 heavy (non-hydrogen) atoms. The van der Waals surface area contributed by atoms with Gasteiger partial charge in [0.25, 0.3) is 5.91 Å². The fourth-order valence-corrected chi connectivity index (χ4v) is 1.88. The van der Waals surface area contributed by atoms with Crippen molar-refractivity contribution in [3.8, 4) is 0 Å². The Kier molecular flexibility index (Phi) is 3.15. The van der Waals surface area contributed by atoms with Crippen LogP contribution in [-0.2, 0) is 0 Å². The molecule has 5 heteroatoms. The van der Waals surface area contributed by atoms with E-state index in [1.165, 1.54) is 0 Å². The maximum Gasteiger partial charge on any atom is 0.251 e. The Labute approximate surface area is 104 Å². The van der Waals surface area contributed by atoms with Gasteiger partial charge in [-0.25, -0.2) is 4.98 Å². The van der Waals surface area contributed by atoms with Gasteiger partial charge >= 0.3 is 0 Å². The summed E-state index contributed by atoms with van der Waals surface area (Å²) < 4.78 is 0. The topological polar surface area (TPSA) is 54.0 Å². The highest BCUT2D eigenvalue weighted by Crippen LogP contribution is 2.26. The number of rotatable bonds is 2. The Hall–Kier alpha value is -1.81. The normalized spacial score (nSPS) is 10.3. The van der Waals surface area contributed by atoms with Crippen LogP contribution in [0.5, 0.6) is 0 Å². The van der Waals surface area contributed by atoms with Crippen LogP contribution in [0.15, 0.2) is 24.3 Å². The zero-order valence-corrected chi connectivity index (χ0v) is 10.3. The Morgan fingerprint density at radius 1 is 1.35 bits per heavy atom. The molecule has 2 rings (SSSR count). The molecular weight excluding hydrogens is 238 g/mol. The molecule has 0 radical (unpaired) electrons. The molecule has 1 amide bonds. The van der Waals surface area contributed by atoms with Crippen molar-refractivity contribution in [2.45, 2.75) is 0 Å². The van der Waals surface area contributed by atoms with E-state index in [1.807, 2.05) is 6.07 Å². The van der Waals surface area contributed by atoms with E-state index < -0.39 is 0 Å². The highest BCUT2D eigenvalue weighted by Gasteiger charge is 2.12. The molecule has 0 spiro atoms. The fourth-order valence-electron chi connectivity index (χ4n) is 1.66. The van der Waals surface area contributed by atoms with Crippen LogP contribution in [-0.4, -0.2) is 25.0 Å². The van der Waals surface area contributed by atoms with Gasteiger partial charge in [-0.15, -0.1) is 0 Å². The zero-order chi connectivity index (χ0) is 12.4. The Morgan fingerprint density at radius 2 is 2.12 bits per heavy atom. The van der Waals surface area contributed by atoms with Gasteiger partial charge in [-0.3, -0.25) is 4.79 Å². The van der Waals surface area contributed by atoms with Gasteiger partial charge in [0.2, 0.25) is 0 Å². The summed E-state index contributed by atoms with van der Waals surface area (Å²) in [5, 5.41) is 6.80. The molecule has 0 aliphatic rings. The van der Waals surface area contributed by atoms with Crippen molar-refractivity contribution in [3.05, 3.63) is 34.9 Å². The maximum absolute atomic E-state index is 11.8. The van der Waals surface area contributed by atoms with E-state index in [0.29, 0.717) is 21.9 Å². The highest BCUT2D eigenvalue weighted by molar-refractivity contribution is 6.35. The van der Waals surface area contributed by atoms with Crippen LogP contribution in [0, 0.1) is 0 Å². The first kappa shape index (κ1) is 11.7. The Balaban J connectivity index is 2.80. The fraction of sp³-hybridized carbons (Fsp3) is 0.167. The zero-order valence-electron chi connectivity index (χ0n) is 9.54. The Bertz CT molecular complexity index is 583. The SMILES string of the molecule is CNC(=O)c1cc(NC)nc2c(Cl)cccc12. The van der Waals surface area contributed by atoms with Crippen LogP contribution in [0.4, 0.5) is 5.82 Å². The van der Waals surface area contributed by atoms with Gasteiger partial charge < -0.3 is 10.6 Å². The summed E-state index contributed by atoms with van der Waals surface area (Å²) in [5.74, 6) is 0.459. The second-order valence-electron chi connectivity index (χ2n) is 3.52. The molecule has 0 atom stereocenters. The number of aromatic nitrogens is 1. The molecule has 0 unspecified atom stereocenters. The number of carbonyl (C=O) groups is 1. The molecule has 0 aliphatic carbocycles. The molecule has 0 fully saturated rings. The lowest BCUT2D eigenvalue weighted by Crippen LogP contribution is -2.18. The molecule has 0 bridgehead atoms. The van der Waals surface area contributed by atoms with E-state index in [4.69, 9.17) is 11.6 Å². The first-order valence-electron chi connectivity index (χ1n) is 5.16. The third kappa shape index (κ3) is 2.03. The monoisotopic (exact) mass is 249 g/mol. The van der Waals surface area contributed by atoms with Crippen LogP contribution >= 0.6 is 11.6 Å². The van der Waals surface area contributed by atoms with Crippen molar-refractivity contribution in [1.82, 2.24) is 10.3 Å². The summed E-state index contributed by atoms with van der Waals surface area (Å²) in [6.45, 7) is 0. The first-order valence-corrected chi connectivity index (χ1v) is 5.54. The number of pyridine rings is 1. The van der Waals surface area contributed by atoms with Crippen LogP contribution in [0.25, 0.3) is 10.9 Å². The summed E-state index contributed by atoms with van der Waals surface area (Å²) in [6.07, 6.45) is 0. The van der Waals surface area contributed by atoms with E-state index in [2.05, 4.69) is 15.6 Å². The third-order valence-corrected chi connectivity index (χ3v) is 2.82. The molecule has 1 aromatic heterocycles. The molecule has 2 aromatic rings. The number of benzene rings is 1. The number of amides is 1. The lowest BCUT2D eigenvalue weighted by Gasteiger charge is -2.09. The van der Waals surface area contributed by atoms with E-state index in [0.717, 1.165) is 5.39 Å². The predicted octanol–water partition coefficient (Wildman–Crippen LogP) is 2.29. The smallest absolute Gasteiger partial charge is 0.251 e. The van der Waals surface area contributed by atoms with Crippen LogP contribution in [0.3, 0.4) is 0 Å². The minimum Gasteiger partial charge on any atom is -0.373 e. The Morgan fingerprint density at radius 3 is 2.76 bits per heavy atom. The average molecular weight is 250 g/mol. The van der Waals surface area contributed by atoms with Gasteiger partial charge in [0, 0.05) is 19.5 Å². The number of para-hydroxylation sites is 1. The van der Waals surface area contributed by atoms with Crippen LogP contribution < -0.4 is 10.6 Å². The molecule has 1 aromatic carbocycles. The van der Waals surface area contributed by atoms with Crippen LogP contribution in [0.2, 0.25) is 5.02 Å². The van der Waals surface area contributed by atoms with Gasteiger partial charge in [-0.1, -0.05) is 23.7 Å². The predicted molar refractivity (Wildman–Crippen MR) is 69.7 cm³/mol. The number of nitrogens with zero attached hydrogens (tertiary/aromatic N) is 1. The highest BCUT2D eigenvalue weighted by atomic mass is 35.5. The number of hydrogen-bond donors (Lipinski definition) is 2. The lowest BCUT2D eigenvalue weighted by molar-refractivity contribution is 0.0964. The van der Waals surface area contributed by atoms with E-state index in [-0.39, 0.29) is 5.91 Å². The summed E-state index contributed by atoms with van der Waals surface area (Å²) in [7, 11) is 3.34. The molecular formula is C12H12ClN3O. The molecule has 2 N–H and O–H groups in total. The molecule has 4 nitrogen and oxygen atoms in total. The van der Waals surface area contributed by atoms with Gasteiger partial charge in [0.05, 0.1) is 16.1 Å². The van der Waals surface area contributed by atoms with Crippen molar-refractivity contribution in [2.24, 2.45) is 0 Å². The number of fused-ring (bicyclic) bond motifs is 1. The molecule has 0 saturated carbocycles. The number of anilines is 1. The van der Waals surface area contributed by atoms with Crippen molar-refractivity contribution < 1.29 is 4.79 Å². The van der Waals surface area contributed by atoms with Gasteiger partial charge in [-0.05, 0) is 12.1 Å². The minimum atomic E-state index is -0.156. The van der Waals surface area contributed by atoms with Crippen molar-refractivity contribution in [1.29, 1.82) is 0 Å². The molecule has 0 saturated heterocycles. The lowest BCUT2D eigenvalue weighted by atomic mass is 10.1. The second kappa shape index (κ2) is 4.59. The minimum absolute atomic E-state index is 0.156. The number of halogens is 1. The van der Waals surface area contributed by atoms with Crippen molar-refractivity contribution in [2.75, 3.05) is 19.4 Å². The summed E-state index contributed by atoms with van der Waals surface area (Å²) in [5.41, 5.74) is 1.18. The summed E-state index contributed by atoms with van der Waals surface area (Å²) in [4.78, 5) is 16.1. The van der Waals surface area contributed by atoms with E-state index >= 15 is 0 Å². The number of nitrogens with one attached hydrogen (secondary N) is 2. The first-order chi connectivity index (χ1) is 8.17. The van der Waals surface area contributed by atoms with E-state index in [9.17, 15) is 4.79 Å². The number of hydrogen-bond acceptors (Lipinski definition) is 3. The summed E-state index contributed by atoms with van der Waals surface area (Å²) >= 11 is 6.08. The van der Waals surface area contributed by atoms with Crippen molar-refractivity contribution in [3.63, 3.8) is 0 Å². The standard InChI is InChI=1S/C12H12ClN3O/c1-14-10-6-8(12(17)15-2)7-4-3-5-9(13)11(7)16-10/h3-6H,1-2H3,(H,14,16)(H,15,17). The van der Waals surface area contributed by atoms with Crippen LogP contribution in [0.1, 0.15) is 10.4 Å². The maximum atomic E-state index is 11.8.